The molecule has 2 aromatic heterocycles. The van der Waals surface area contributed by atoms with E-state index in [1.54, 1.807) is 24.8 Å². The van der Waals surface area contributed by atoms with Crippen molar-refractivity contribution in [1.82, 2.24) is 14.8 Å². The maximum atomic E-state index is 6.65. The first kappa shape index (κ1) is 19.8. The average Bonchev–Trinajstić information content (AvgIpc) is 3.49. The van der Waals surface area contributed by atoms with Crippen molar-refractivity contribution in [2.45, 2.75) is 12.1 Å². The summed E-state index contributed by atoms with van der Waals surface area (Å²) in [6.45, 7) is 0. The number of anilines is 1. The summed E-state index contributed by atoms with van der Waals surface area (Å²) < 4.78 is 15.2. The van der Waals surface area contributed by atoms with Crippen LogP contribution in [0.5, 0.6) is 11.5 Å². The summed E-state index contributed by atoms with van der Waals surface area (Å²) >= 11 is 11.7. The molecular weight excluding hydrogens is 512 g/mol. The van der Waals surface area contributed by atoms with E-state index < -0.39 is 6.10 Å². The molecule has 0 saturated carbocycles. The van der Waals surface area contributed by atoms with Crippen LogP contribution in [0.25, 0.3) is 5.70 Å². The second-order valence-electron chi connectivity index (χ2n) is 7.43. The summed E-state index contributed by atoms with van der Waals surface area (Å²) in [5.41, 5.74) is 3.77. The SMILES string of the molecule is COc1ccc(Br)cc1[C@H]1Oc2ccc(Cl)cc2C2=C1[C@@H](c1cccs1)n1ncnc1N2. The van der Waals surface area contributed by atoms with Crippen molar-refractivity contribution >= 4 is 50.5 Å². The Hall–Kier alpha value is -2.81. The molecule has 0 unspecified atom stereocenters. The van der Waals surface area contributed by atoms with Crippen LogP contribution in [0, 0.1) is 0 Å². The van der Waals surface area contributed by atoms with Crippen LogP contribution in [0.4, 0.5) is 5.95 Å². The van der Waals surface area contributed by atoms with Gasteiger partial charge in [-0.2, -0.15) is 10.1 Å². The van der Waals surface area contributed by atoms with Gasteiger partial charge < -0.3 is 14.8 Å². The molecule has 2 aliphatic rings. The van der Waals surface area contributed by atoms with E-state index in [-0.39, 0.29) is 6.04 Å². The number of nitrogens with zero attached hydrogens (tertiary/aromatic N) is 3. The normalized spacial score (nSPS) is 18.8. The zero-order chi connectivity index (χ0) is 21.8. The Balaban J connectivity index is 1.66. The lowest BCUT2D eigenvalue weighted by Gasteiger charge is -2.38. The van der Waals surface area contributed by atoms with Crippen LogP contribution in [0.3, 0.4) is 0 Å². The molecule has 4 heterocycles. The molecule has 9 heteroatoms. The molecule has 1 N–H and O–H groups in total. The number of hydrogen-bond acceptors (Lipinski definition) is 6. The van der Waals surface area contributed by atoms with Crippen LogP contribution in [-0.2, 0) is 0 Å². The van der Waals surface area contributed by atoms with Crippen LogP contribution in [0.15, 0.2) is 70.3 Å². The van der Waals surface area contributed by atoms with Crippen LogP contribution < -0.4 is 14.8 Å². The fraction of sp³-hybridized carbons (Fsp3) is 0.130. The van der Waals surface area contributed by atoms with Crippen molar-refractivity contribution in [3.05, 3.63) is 91.3 Å². The number of halogens is 2. The second-order valence-corrected chi connectivity index (χ2v) is 9.76. The highest BCUT2D eigenvalue weighted by atomic mass is 79.9. The topological polar surface area (TPSA) is 61.2 Å². The third kappa shape index (κ3) is 3.05. The van der Waals surface area contributed by atoms with E-state index in [1.165, 1.54) is 0 Å². The number of ether oxygens (including phenoxy) is 2. The summed E-state index contributed by atoms with van der Waals surface area (Å²) in [5, 5.41) is 10.7. The molecule has 0 saturated heterocycles. The maximum Gasteiger partial charge on any atom is 0.226 e. The number of nitrogens with one attached hydrogen (secondary N) is 1. The Kier molecular flexibility index (Phi) is 4.74. The molecule has 0 fully saturated rings. The van der Waals surface area contributed by atoms with Gasteiger partial charge in [-0.15, -0.1) is 11.3 Å². The van der Waals surface area contributed by atoms with E-state index in [0.717, 1.165) is 43.2 Å². The van der Waals surface area contributed by atoms with Crippen LogP contribution in [0.2, 0.25) is 5.02 Å². The van der Waals surface area contributed by atoms with Crippen molar-refractivity contribution in [3.8, 4) is 11.5 Å². The molecule has 6 rings (SSSR count). The molecule has 0 aliphatic carbocycles. The summed E-state index contributed by atoms with van der Waals surface area (Å²) in [6, 6.07) is 15.6. The highest BCUT2D eigenvalue weighted by Gasteiger charge is 2.42. The number of hydrogen-bond donors (Lipinski definition) is 1. The van der Waals surface area contributed by atoms with Gasteiger partial charge in [-0.3, -0.25) is 0 Å². The molecule has 4 aromatic rings. The average molecular weight is 528 g/mol. The van der Waals surface area contributed by atoms with E-state index in [4.69, 9.17) is 21.1 Å². The first-order valence-electron chi connectivity index (χ1n) is 9.88. The fourth-order valence-electron chi connectivity index (χ4n) is 4.33. The molecule has 2 aliphatic heterocycles. The zero-order valence-electron chi connectivity index (χ0n) is 16.8. The molecule has 0 amide bonds. The number of benzene rings is 2. The molecule has 0 bridgehead atoms. The third-order valence-corrected chi connectivity index (χ3v) is 7.32. The largest absolute Gasteiger partial charge is 0.496 e. The number of methoxy groups -OCH3 is 1. The molecule has 2 atom stereocenters. The molecule has 32 heavy (non-hydrogen) atoms. The summed E-state index contributed by atoms with van der Waals surface area (Å²) in [7, 11) is 1.67. The summed E-state index contributed by atoms with van der Waals surface area (Å²) in [4.78, 5) is 5.59. The maximum absolute atomic E-state index is 6.65. The van der Waals surface area contributed by atoms with Gasteiger partial charge in [0.2, 0.25) is 5.95 Å². The minimum Gasteiger partial charge on any atom is -0.496 e. The minimum absolute atomic E-state index is 0.190. The third-order valence-electron chi connectivity index (χ3n) is 5.66. The number of rotatable bonds is 3. The van der Waals surface area contributed by atoms with E-state index in [0.29, 0.717) is 11.0 Å². The predicted molar refractivity (Wildman–Crippen MR) is 129 cm³/mol. The summed E-state index contributed by atoms with van der Waals surface area (Å²) in [5.74, 6) is 2.16. The molecule has 160 valence electrons. The fourth-order valence-corrected chi connectivity index (χ4v) is 5.71. The number of thiophene rings is 1. The van der Waals surface area contributed by atoms with Gasteiger partial charge in [0.05, 0.1) is 12.8 Å². The van der Waals surface area contributed by atoms with Gasteiger partial charge in [0.1, 0.15) is 23.9 Å². The Bertz CT molecular complexity index is 1370. The van der Waals surface area contributed by atoms with E-state index in [1.807, 2.05) is 47.1 Å². The predicted octanol–water partition coefficient (Wildman–Crippen LogP) is 6.32. The quantitative estimate of drug-likeness (QED) is 0.338. The first-order valence-corrected chi connectivity index (χ1v) is 11.9. The second kappa shape index (κ2) is 7.65. The zero-order valence-corrected chi connectivity index (χ0v) is 19.9. The Morgan fingerprint density at radius 3 is 2.94 bits per heavy atom. The van der Waals surface area contributed by atoms with E-state index in [9.17, 15) is 0 Å². The molecular formula is C23H16BrClN4O2S. The van der Waals surface area contributed by atoms with Gasteiger partial charge >= 0.3 is 0 Å². The van der Waals surface area contributed by atoms with Gasteiger partial charge in [-0.05, 0) is 47.8 Å². The van der Waals surface area contributed by atoms with E-state index in [2.05, 4.69) is 42.8 Å². The van der Waals surface area contributed by atoms with E-state index >= 15 is 0 Å². The standard InChI is InChI=1S/C23H16BrClN4O2S/c1-30-16-6-4-12(24)9-15(16)22-19-20(14-10-13(25)5-7-17(14)31-22)28-23-26-11-27-29(23)21(19)18-3-2-8-32-18/h2-11,21-22H,1H3,(H,26,27,28)/t21-,22-/m1/s1. The van der Waals surface area contributed by atoms with Crippen molar-refractivity contribution in [2.24, 2.45) is 0 Å². The van der Waals surface area contributed by atoms with Gasteiger partial charge in [0, 0.05) is 31.1 Å². The van der Waals surface area contributed by atoms with Crippen LogP contribution >= 0.6 is 38.9 Å². The van der Waals surface area contributed by atoms with Crippen molar-refractivity contribution in [1.29, 1.82) is 0 Å². The van der Waals surface area contributed by atoms with Crippen molar-refractivity contribution in [3.63, 3.8) is 0 Å². The smallest absolute Gasteiger partial charge is 0.226 e. The summed E-state index contributed by atoms with van der Waals surface area (Å²) in [6.07, 6.45) is 1.15. The lowest BCUT2D eigenvalue weighted by atomic mass is 9.86. The highest BCUT2D eigenvalue weighted by molar-refractivity contribution is 9.10. The van der Waals surface area contributed by atoms with Gasteiger partial charge in [0.15, 0.2) is 6.10 Å². The number of aromatic nitrogens is 3. The van der Waals surface area contributed by atoms with Crippen molar-refractivity contribution < 1.29 is 9.47 Å². The van der Waals surface area contributed by atoms with Gasteiger partial charge in [-0.1, -0.05) is 33.6 Å². The Morgan fingerprint density at radius 1 is 1.22 bits per heavy atom. The minimum atomic E-state index is -0.414. The van der Waals surface area contributed by atoms with Crippen molar-refractivity contribution in [2.75, 3.05) is 12.4 Å². The molecule has 0 radical (unpaired) electrons. The Morgan fingerprint density at radius 2 is 2.12 bits per heavy atom. The highest BCUT2D eigenvalue weighted by Crippen LogP contribution is 2.52. The lowest BCUT2D eigenvalue weighted by Crippen LogP contribution is -2.32. The molecule has 2 aromatic carbocycles. The monoisotopic (exact) mass is 526 g/mol. The van der Waals surface area contributed by atoms with Crippen LogP contribution in [0.1, 0.15) is 28.1 Å². The molecule has 0 spiro atoms. The van der Waals surface area contributed by atoms with Gasteiger partial charge in [-0.25, -0.2) is 4.68 Å². The Labute approximate surface area is 201 Å². The first-order chi connectivity index (χ1) is 15.6. The van der Waals surface area contributed by atoms with Gasteiger partial charge in [0.25, 0.3) is 0 Å². The number of fused-ring (bicyclic) bond motifs is 3. The molecule has 6 nitrogen and oxygen atoms in total. The van der Waals surface area contributed by atoms with Crippen LogP contribution in [-0.4, -0.2) is 21.9 Å². The lowest BCUT2D eigenvalue weighted by molar-refractivity contribution is 0.218.